The number of carbonyl (C=O) groups is 2. The van der Waals surface area contributed by atoms with Crippen molar-refractivity contribution in [2.45, 2.75) is 0 Å². The van der Waals surface area contributed by atoms with Crippen molar-refractivity contribution in [1.82, 2.24) is 10.6 Å². The first-order valence-electron chi connectivity index (χ1n) is 7.71. The summed E-state index contributed by atoms with van der Waals surface area (Å²) in [6, 6.07) is 14.5. The van der Waals surface area contributed by atoms with E-state index >= 15 is 0 Å². The minimum absolute atomic E-state index is 0.0462. The van der Waals surface area contributed by atoms with Crippen LogP contribution >= 0.6 is 0 Å². The largest absolute Gasteiger partial charge is 0.383 e. The molecule has 2 amide bonds. The van der Waals surface area contributed by atoms with E-state index in [9.17, 15) is 14.0 Å². The molecule has 5 nitrogen and oxygen atoms in total. The SMILES string of the molecule is COCCNC(=O)/C(=C/c1ccccc1F)NC(=O)c1ccccc1. The topological polar surface area (TPSA) is 67.4 Å². The minimum atomic E-state index is -0.524. The van der Waals surface area contributed by atoms with E-state index in [1.165, 1.54) is 25.3 Å². The number of nitrogens with one attached hydrogen (secondary N) is 2. The van der Waals surface area contributed by atoms with E-state index in [4.69, 9.17) is 4.74 Å². The molecule has 0 saturated heterocycles. The molecule has 0 bridgehead atoms. The summed E-state index contributed by atoms with van der Waals surface area (Å²) >= 11 is 0. The summed E-state index contributed by atoms with van der Waals surface area (Å²) in [6.45, 7) is 0.594. The summed E-state index contributed by atoms with van der Waals surface area (Å²) in [5.41, 5.74) is 0.550. The highest BCUT2D eigenvalue weighted by molar-refractivity contribution is 6.05. The standard InChI is InChI=1S/C19H19FN2O3/c1-25-12-11-21-19(24)17(13-15-9-5-6-10-16(15)20)22-18(23)14-7-3-2-4-8-14/h2-10,13H,11-12H2,1H3,(H,21,24)(H,22,23)/b17-13-. The lowest BCUT2D eigenvalue weighted by Crippen LogP contribution is -2.36. The first-order chi connectivity index (χ1) is 12.1. The summed E-state index contributed by atoms with van der Waals surface area (Å²) < 4.78 is 18.7. The van der Waals surface area contributed by atoms with Crippen LogP contribution in [0.1, 0.15) is 15.9 Å². The maximum atomic E-state index is 13.9. The fraction of sp³-hybridized carbons (Fsp3) is 0.158. The molecule has 0 aliphatic heterocycles. The molecule has 25 heavy (non-hydrogen) atoms. The number of carbonyl (C=O) groups excluding carboxylic acids is 2. The Morgan fingerprint density at radius 2 is 1.76 bits per heavy atom. The Balaban J connectivity index is 2.24. The third-order valence-electron chi connectivity index (χ3n) is 3.33. The van der Waals surface area contributed by atoms with E-state index < -0.39 is 17.6 Å². The van der Waals surface area contributed by atoms with E-state index in [2.05, 4.69) is 10.6 Å². The van der Waals surface area contributed by atoms with Crippen molar-refractivity contribution in [3.05, 3.63) is 77.2 Å². The van der Waals surface area contributed by atoms with Gasteiger partial charge >= 0.3 is 0 Å². The lowest BCUT2D eigenvalue weighted by molar-refractivity contribution is -0.117. The van der Waals surface area contributed by atoms with Gasteiger partial charge in [-0.15, -0.1) is 0 Å². The van der Waals surface area contributed by atoms with E-state index in [1.807, 2.05) is 0 Å². The van der Waals surface area contributed by atoms with Gasteiger partial charge in [0, 0.05) is 24.8 Å². The molecule has 0 heterocycles. The number of ether oxygens (including phenoxy) is 1. The second-order valence-electron chi connectivity index (χ2n) is 5.15. The van der Waals surface area contributed by atoms with Crippen LogP contribution in [0.2, 0.25) is 0 Å². The van der Waals surface area contributed by atoms with Gasteiger partial charge in [-0.3, -0.25) is 9.59 Å². The highest BCUT2D eigenvalue weighted by Gasteiger charge is 2.15. The molecule has 0 spiro atoms. The minimum Gasteiger partial charge on any atom is -0.383 e. The van der Waals surface area contributed by atoms with Crippen molar-refractivity contribution in [1.29, 1.82) is 0 Å². The van der Waals surface area contributed by atoms with Gasteiger partial charge in [0.05, 0.1) is 6.61 Å². The van der Waals surface area contributed by atoms with Crippen molar-refractivity contribution in [3.63, 3.8) is 0 Å². The lowest BCUT2D eigenvalue weighted by Gasteiger charge is -2.11. The highest BCUT2D eigenvalue weighted by atomic mass is 19.1. The zero-order chi connectivity index (χ0) is 18.1. The molecular weight excluding hydrogens is 323 g/mol. The molecule has 2 aromatic carbocycles. The van der Waals surface area contributed by atoms with Gasteiger partial charge in [0.2, 0.25) is 0 Å². The van der Waals surface area contributed by atoms with Crippen LogP contribution in [-0.2, 0) is 9.53 Å². The first-order valence-corrected chi connectivity index (χ1v) is 7.71. The lowest BCUT2D eigenvalue weighted by atomic mass is 10.1. The van der Waals surface area contributed by atoms with Gasteiger partial charge in [-0.1, -0.05) is 36.4 Å². The third kappa shape index (κ3) is 5.54. The van der Waals surface area contributed by atoms with Crippen molar-refractivity contribution in [3.8, 4) is 0 Å². The summed E-state index contributed by atoms with van der Waals surface area (Å²) in [4.78, 5) is 24.6. The Morgan fingerprint density at radius 1 is 1.08 bits per heavy atom. The Morgan fingerprint density at radius 3 is 2.44 bits per heavy atom. The number of hydrogen-bond donors (Lipinski definition) is 2. The molecule has 0 unspecified atom stereocenters. The van der Waals surface area contributed by atoms with E-state index in [-0.39, 0.29) is 17.8 Å². The number of amides is 2. The predicted molar refractivity (Wildman–Crippen MR) is 93.2 cm³/mol. The molecule has 0 atom stereocenters. The fourth-order valence-corrected chi connectivity index (χ4v) is 2.05. The van der Waals surface area contributed by atoms with Gasteiger partial charge in [-0.2, -0.15) is 0 Å². The number of halogens is 1. The first kappa shape index (κ1) is 18.4. The number of benzene rings is 2. The van der Waals surface area contributed by atoms with Crippen LogP contribution in [0.5, 0.6) is 0 Å². The van der Waals surface area contributed by atoms with Crippen molar-refractivity contribution in [2.75, 3.05) is 20.3 Å². The molecule has 2 aromatic rings. The summed E-state index contributed by atoms with van der Waals surface area (Å²) in [7, 11) is 1.51. The molecule has 2 rings (SSSR count). The number of rotatable bonds is 7. The average molecular weight is 342 g/mol. The van der Waals surface area contributed by atoms with Crippen LogP contribution in [0, 0.1) is 5.82 Å². The normalized spacial score (nSPS) is 11.0. The Labute approximate surface area is 145 Å². The number of methoxy groups -OCH3 is 1. The smallest absolute Gasteiger partial charge is 0.267 e. The van der Waals surface area contributed by atoms with Crippen LogP contribution in [0.3, 0.4) is 0 Å². The van der Waals surface area contributed by atoms with Crippen LogP contribution in [0.25, 0.3) is 6.08 Å². The second kappa shape index (κ2) is 9.34. The predicted octanol–water partition coefficient (Wildman–Crippen LogP) is 2.36. The molecule has 2 N–H and O–H groups in total. The maximum absolute atomic E-state index is 13.9. The molecule has 0 aliphatic carbocycles. The maximum Gasteiger partial charge on any atom is 0.267 e. The van der Waals surface area contributed by atoms with Crippen molar-refractivity contribution in [2.24, 2.45) is 0 Å². The van der Waals surface area contributed by atoms with Gasteiger partial charge in [-0.25, -0.2) is 4.39 Å². The van der Waals surface area contributed by atoms with Gasteiger partial charge in [0.15, 0.2) is 0 Å². The summed E-state index contributed by atoms with van der Waals surface area (Å²) in [6.07, 6.45) is 1.30. The van der Waals surface area contributed by atoms with Crippen molar-refractivity contribution >= 4 is 17.9 Å². The molecule has 0 saturated carbocycles. The molecule has 0 aromatic heterocycles. The molecule has 0 radical (unpaired) electrons. The monoisotopic (exact) mass is 342 g/mol. The van der Waals surface area contributed by atoms with E-state index in [0.29, 0.717) is 12.2 Å². The summed E-state index contributed by atoms with van der Waals surface area (Å²) in [5.74, 6) is -1.46. The molecule has 0 aliphatic rings. The van der Waals surface area contributed by atoms with Gasteiger partial charge < -0.3 is 15.4 Å². The van der Waals surface area contributed by atoms with Crippen molar-refractivity contribution < 1.29 is 18.7 Å². The zero-order valence-corrected chi connectivity index (χ0v) is 13.8. The van der Waals surface area contributed by atoms with Gasteiger partial charge in [-0.05, 0) is 24.3 Å². The average Bonchev–Trinajstić information content (AvgIpc) is 2.63. The highest BCUT2D eigenvalue weighted by Crippen LogP contribution is 2.11. The van der Waals surface area contributed by atoms with Gasteiger partial charge in [0.25, 0.3) is 11.8 Å². The van der Waals surface area contributed by atoms with Gasteiger partial charge in [0.1, 0.15) is 11.5 Å². The third-order valence-corrected chi connectivity index (χ3v) is 3.33. The molecule has 130 valence electrons. The van der Waals surface area contributed by atoms with E-state index in [1.54, 1.807) is 42.5 Å². The Kier molecular flexibility index (Phi) is 6.86. The van der Waals surface area contributed by atoms with Crippen LogP contribution in [-0.4, -0.2) is 32.1 Å². The molecular formula is C19H19FN2O3. The van der Waals surface area contributed by atoms with Crippen LogP contribution < -0.4 is 10.6 Å². The fourth-order valence-electron chi connectivity index (χ4n) is 2.05. The quantitative estimate of drug-likeness (QED) is 0.600. The molecule has 6 heteroatoms. The van der Waals surface area contributed by atoms with Crippen LogP contribution in [0.4, 0.5) is 4.39 Å². The zero-order valence-electron chi connectivity index (χ0n) is 13.8. The Bertz CT molecular complexity index is 760. The second-order valence-corrected chi connectivity index (χ2v) is 5.15. The van der Waals surface area contributed by atoms with Crippen LogP contribution in [0.15, 0.2) is 60.3 Å². The number of hydrogen-bond acceptors (Lipinski definition) is 3. The molecule has 0 fully saturated rings. The van der Waals surface area contributed by atoms with E-state index in [0.717, 1.165) is 0 Å². The summed E-state index contributed by atoms with van der Waals surface area (Å²) in [5, 5.41) is 5.15. The Hall–Kier alpha value is -2.99.